The van der Waals surface area contributed by atoms with E-state index in [0.29, 0.717) is 17.8 Å². The van der Waals surface area contributed by atoms with Gasteiger partial charge in [0.2, 0.25) is 0 Å². The van der Waals surface area contributed by atoms with Gasteiger partial charge in [-0.25, -0.2) is 9.59 Å². The lowest BCUT2D eigenvalue weighted by Crippen LogP contribution is -2.38. The van der Waals surface area contributed by atoms with Crippen LogP contribution in [0.4, 0.5) is 10.5 Å². The molecule has 0 bridgehead atoms. The fraction of sp³-hybridized carbons (Fsp3) is 0.333. The first-order valence-corrected chi connectivity index (χ1v) is 5.51. The maximum atomic E-state index is 11.6. The van der Waals surface area contributed by atoms with E-state index >= 15 is 0 Å². The summed E-state index contributed by atoms with van der Waals surface area (Å²) in [7, 11) is 1.31. The summed E-state index contributed by atoms with van der Waals surface area (Å²) in [6, 6.07) is 6.41. The molecule has 1 saturated heterocycles. The van der Waals surface area contributed by atoms with Crippen LogP contribution in [0.3, 0.4) is 0 Å². The molecule has 0 spiro atoms. The highest BCUT2D eigenvalue weighted by Gasteiger charge is 2.33. The Morgan fingerprint density at radius 3 is 3.06 bits per heavy atom. The predicted octanol–water partition coefficient (Wildman–Crippen LogP) is 0.757. The fourth-order valence-corrected chi connectivity index (χ4v) is 1.85. The van der Waals surface area contributed by atoms with E-state index in [0.717, 1.165) is 0 Å². The SMILES string of the molecule is COC(=O)c1cccc(N2C(=O)OCC2CN)c1. The van der Waals surface area contributed by atoms with Gasteiger partial charge in [0.15, 0.2) is 0 Å². The minimum Gasteiger partial charge on any atom is -0.465 e. The fourth-order valence-electron chi connectivity index (χ4n) is 1.85. The number of anilines is 1. The molecule has 2 rings (SSSR count). The van der Waals surface area contributed by atoms with Gasteiger partial charge in [-0.3, -0.25) is 4.90 Å². The highest BCUT2D eigenvalue weighted by molar-refractivity contribution is 5.94. The van der Waals surface area contributed by atoms with Crippen molar-refractivity contribution in [2.24, 2.45) is 5.73 Å². The third-order valence-electron chi connectivity index (χ3n) is 2.78. The van der Waals surface area contributed by atoms with E-state index in [9.17, 15) is 9.59 Å². The summed E-state index contributed by atoms with van der Waals surface area (Å²) >= 11 is 0. The zero-order chi connectivity index (χ0) is 13.1. The Hall–Kier alpha value is -2.08. The van der Waals surface area contributed by atoms with Crippen molar-refractivity contribution in [2.75, 3.05) is 25.2 Å². The van der Waals surface area contributed by atoms with Crippen LogP contribution in [-0.2, 0) is 9.47 Å². The molecular formula is C12H14N2O4. The van der Waals surface area contributed by atoms with Crippen LogP contribution in [0.5, 0.6) is 0 Å². The molecule has 0 saturated carbocycles. The Bertz CT molecular complexity index is 475. The first kappa shape index (κ1) is 12.4. The molecule has 18 heavy (non-hydrogen) atoms. The van der Waals surface area contributed by atoms with Crippen molar-refractivity contribution < 1.29 is 19.1 Å². The molecule has 1 aromatic carbocycles. The highest BCUT2D eigenvalue weighted by Crippen LogP contribution is 2.23. The molecule has 1 aliphatic rings. The van der Waals surface area contributed by atoms with Gasteiger partial charge in [0, 0.05) is 12.2 Å². The summed E-state index contributed by atoms with van der Waals surface area (Å²) in [5.74, 6) is -0.450. The summed E-state index contributed by atoms with van der Waals surface area (Å²) in [6.45, 7) is 0.561. The minimum atomic E-state index is -0.451. The number of hydrogen-bond donors (Lipinski definition) is 1. The molecule has 1 aliphatic heterocycles. The van der Waals surface area contributed by atoms with Crippen molar-refractivity contribution in [1.29, 1.82) is 0 Å². The zero-order valence-corrected chi connectivity index (χ0v) is 9.96. The number of carbonyl (C=O) groups is 2. The van der Waals surface area contributed by atoms with Gasteiger partial charge in [0.1, 0.15) is 6.61 Å². The van der Waals surface area contributed by atoms with Crippen LogP contribution in [0.2, 0.25) is 0 Å². The van der Waals surface area contributed by atoms with Crippen LogP contribution >= 0.6 is 0 Å². The molecule has 1 atom stereocenters. The summed E-state index contributed by atoms with van der Waals surface area (Å²) in [5.41, 5.74) is 6.54. The van der Waals surface area contributed by atoms with Crippen LogP contribution < -0.4 is 10.6 Å². The lowest BCUT2D eigenvalue weighted by molar-refractivity contribution is 0.0600. The molecule has 96 valence electrons. The molecule has 1 aromatic rings. The Labute approximate surface area is 104 Å². The molecule has 1 heterocycles. The molecular weight excluding hydrogens is 236 g/mol. The Morgan fingerprint density at radius 1 is 1.61 bits per heavy atom. The smallest absolute Gasteiger partial charge is 0.414 e. The highest BCUT2D eigenvalue weighted by atomic mass is 16.6. The molecule has 0 aromatic heterocycles. The van der Waals surface area contributed by atoms with Crippen LogP contribution in [-0.4, -0.2) is 38.4 Å². The van der Waals surface area contributed by atoms with E-state index in [-0.39, 0.29) is 12.6 Å². The number of rotatable bonds is 3. The third-order valence-corrected chi connectivity index (χ3v) is 2.78. The second-order valence-electron chi connectivity index (χ2n) is 3.88. The number of methoxy groups -OCH3 is 1. The number of nitrogens with two attached hydrogens (primary N) is 1. The number of hydrogen-bond acceptors (Lipinski definition) is 5. The van der Waals surface area contributed by atoms with Crippen LogP contribution in [0.15, 0.2) is 24.3 Å². The topological polar surface area (TPSA) is 81.9 Å². The summed E-state index contributed by atoms with van der Waals surface area (Å²) in [5, 5.41) is 0. The second-order valence-corrected chi connectivity index (χ2v) is 3.88. The van der Waals surface area contributed by atoms with Gasteiger partial charge in [-0.2, -0.15) is 0 Å². The molecule has 0 radical (unpaired) electrons. The van der Waals surface area contributed by atoms with E-state index in [2.05, 4.69) is 4.74 Å². The van der Waals surface area contributed by atoms with Crippen molar-refractivity contribution in [1.82, 2.24) is 0 Å². The van der Waals surface area contributed by atoms with Gasteiger partial charge in [0.05, 0.1) is 18.7 Å². The Kier molecular flexibility index (Phi) is 3.47. The van der Waals surface area contributed by atoms with E-state index < -0.39 is 12.1 Å². The van der Waals surface area contributed by atoms with Crippen molar-refractivity contribution >= 4 is 17.7 Å². The third kappa shape index (κ3) is 2.14. The molecule has 0 aliphatic carbocycles. The standard InChI is InChI=1S/C12H14N2O4/c1-17-11(15)8-3-2-4-9(5-8)14-10(6-13)7-18-12(14)16/h2-5,10H,6-7,13H2,1H3. The van der Waals surface area contributed by atoms with Crippen molar-refractivity contribution in [3.8, 4) is 0 Å². The number of nitrogens with zero attached hydrogens (tertiary/aromatic N) is 1. The number of amides is 1. The van der Waals surface area contributed by atoms with Gasteiger partial charge in [-0.1, -0.05) is 6.07 Å². The van der Waals surface area contributed by atoms with Crippen molar-refractivity contribution in [3.63, 3.8) is 0 Å². The number of benzene rings is 1. The molecule has 1 unspecified atom stereocenters. The lowest BCUT2D eigenvalue weighted by Gasteiger charge is -2.20. The lowest BCUT2D eigenvalue weighted by atomic mass is 10.1. The summed E-state index contributed by atoms with van der Waals surface area (Å²) in [4.78, 5) is 24.5. The van der Waals surface area contributed by atoms with E-state index in [1.165, 1.54) is 12.0 Å². The van der Waals surface area contributed by atoms with E-state index in [4.69, 9.17) is 10.5 Å². The Balaban J connectivity index is 2.32. The molecule has 6 nitrogen and oxygen atoms in total. The monoisotopic (exact) mass is 250 g/mol. The van der Waals surface area contributed by atoms with Crippen LogP contribution in [0.25, 0.3) is 0 Å². The summed E-state index contributed by atoms with van der Waals surface area (Å²) in [6.07, 6.45) is -0.451. The largest absolute Gasteiger partial charge is 0.465 e. The quantitative estimate of drug-likeness (QED) is 0.801. The molecule has 1 fully saturated rings. The van der Waals surface area contributed by atoms with Crippen molar-refractivity contribution in [2.45, 2.75) is 6.04 Å². The maximum absolute atomic E-state index is 11.6. The first-order chi connectivity index (χ1) is 8.67. The normalized spacial score (nSPS) is 18.7. The average Bonchev–Trinajstić information content (AvgIpc) is 2.79. The predicted molar refractivity (Wildman–Crippen MR) is 64.5 cm³/mol. The first-order valence-electron chi connectivity index (χ1n) is 5.51. The van der Waals surface area contributed by atoms with Gasteiger partial charge in [0.25, 0.3) is 0 Å². The number of ether oxygens (including phenoxy) is 2. The average molecular weight is 250 g/mol. The molecule has 2 N–H and O–H groups in total. The molecule has 1 amide bonds. The minimum absolute atomic E-state index is 0.203. The Morgan fingerprint density at radius 2 is 2.39 bits per heavy atom. The molecule has 6 heteroatoms. The number of carbonyl (C=O) groups excluding carboxylic acids is 2. The second kappa shape index (κ2) is 5.05. The van der Waals surface area contributed by atoms with Gasteiger partial charge >= 0.3 is 12.1 Å². The van der Waals surface area contributed by atoms with Gasteiger partial charge < -0.3 is 15.2 Å². The van der Waals surface area contributed by atoms with Crippen LogP contribution in [0, 0.1) is 0 Å². The van der Waals surface area contributed by atoms with E-state index in [1.54, 1.807) is 24.3 Å². The van der Waals surface area contributed by atoms with Gasteiger partial charge in [-0.15, -0.1) is 0 Å². The summed E-state index contributed by atoms with van der Waals surface area (Å²) < 4.78 is 9.58. The van der Waals surface area contributed by atoms with E-state index in [1.807, 2.05) is 0 Å². The zero-order valence-electron chi connectivity index (χ0n) is 9.96. The van der Waals surface area contributed by atoms with Crippen LogP contribution in [0.1, 0.15) is 10.4 Å². The van der Waals surface area contributed by atoms with Gasteiger partial charge in [-0.05, 0) is 18.2 Å². The number of esters is 1. The maximum Gasteiger partial charge on any atom is 0.414 e. The number of cyclic esters (lactones) is 1. The van der Waals surface area contributed by atoms with Crippen molar-refractivity contribution in [3.05, 3.63) is 29.8 Å².